The molecule has 0 aromatic rings. The molecule has 0 fully saturated rings. The van der Waals surface area contributed by atoms with Crippen LogP contribution in [0.5, 0.6) is 0 Å². The Bertz CT molecular complexity index is 119. The summed E-state index contributed by atoms with van der Waals surface area (Å²) >= 11 is 0. The van der Waals surface area contributed by atoms with E-state index in [1.54, 1.807) is 7.11 Å². The number of ketones is 1. The Hall–Kier alpha value is -0.790. The molecule has 0 aliphatic carbocycles. The highest BCUT2D eigenvalue weighted by atomic mass is 16.5. The largest absolute Gasteiger partial charge is 0.501 e. The first-order chi connectivity index (χ1) is 4.20. The third kappa shape index (κ3) is 3.76. The van der Waals surface area contributed by atoms with Crippen LogP contribution in [0, 0.1) is 0 Å². The van der Waals surface area contributed by atoms with Crippen molar-refractivity contribution >= 4 is 5.78 Å². The van der Waals surface area contributed by atoms with Crippen molar-refractivity contribution in [1.29, 1.82) is 0 Å². The molecule has 0 heterocycles. The quantitative estimate of drug-likeness (QED) is 0.425. The summed E-state index contributed by atoms with van der Waals surface area (Å²) in [6, 6.07) is 0. The Balaban J connectivity index is 3.91. The van der Waals surface area contributed by atoms with E-state index < -0.39 is 0 Å². The van der Waals surface area contributed by atoms with E-state index in [1.165, 1.54) is 13.0 Å². The summed E-state index contributed by atoms with van der Waals surface area (Å²) in [4.78, 5) is 10.4. The van der Waals surface area contributed by atoms with Gasteiger partial charge in [0.1, 0.15) is 0 Å². The normalized spacial score (nSPS) is 11.2. The molecule has 0 spiro atoms. The van der Waals surface area contributed by atoms with Gasteiger partial charge in [0, 0.05) is 12.5 Å². The minimum Gasteiger partial charge on any atom is -0.501 e. The van der Waals surface area contributed by atoms with E-state index in [9.17, 15) is 4.79 Å². The molecule has 0 radical (unpaired) electrons. The number of ether oxygens (including phenoxy) is 1. The molecule has 0 saturated carbocycles. The Morgan fingerprint density at radius 1 is 1.67 bits per heavy atom. The number of rotatable bonds is 3. The second-order valence-corrected chi connectivity index (χ2v) is 1.78. The number of hydrogen-bond donors (Lipinski definition) is 0. The third-order valence-corrected chi connectivity index (χ3v) is 0.975. The van der Waals surface area contributed by atoms with Crippen LogP contribution in [-0.2, 0) is 9.53 Å². The molecular formula is C7H12O2. The van der Waals surface area contributed by atoms with Crippen molar-refractivity contribution in [3.05, 3.63) is 11.8 Å². The summed E-state index contributed by atoms with van der Waals surface area (Å²) in [5.41, 5.74) is 0. The smallest absolute Gasteiger partial charge is 0.155 e. The average Bonchev–Trinajstić information content (AvgIpc) is 1.82. The summed E-state index contributed by atoms with van der Waals surface area (Å²) in [5.74, 6) is 0.774. The first kappa shape index (κ1) is 8.21. The van der Waals surface area contributed by atoms with Crippen molar-refractivity contribution in [2.24, 2.45) is 0 Å². The molecule has 0 aromatic heterocycles. The maximum atomic E-state index is 10.4. The number of allylic oxidation sites excluding steroid dienone is 2. The van der Waals surface area contributed by atoms with E-state index in [0.29, 0.717) is 0 Å². The minimum absolute atomic E-state index is 0.0358. The second-order valence-electron chi connectivity index (χ2n) is 1.78. The Kier molecular flexibility index (Phi) is 3.76. The van der Waals surface area contributed by atoms with Crippen molar-refractivity contribution in [3.63, 3.8) is 0 Å². The third-order valence-electron chi connectivity index (χ3n) is 0.975. The van der Waals surface area contributed by atoms with Crippen molar-refractivity contribution in [1.82, 2.24) is 0 Å². The van der Waals surface area contributed by atoms with Crippen LogP contribution in [0.4, 0.5) is 0 Å². The molecule has 0 unspecified atom stereocenters. The van der Waals surface area contributed by atoms with Gasteiger partial charge in [-0.15, -0.1) is 0 Å². The first-order valence-electron chi connectivity index (χ1n) is 2.95. The van der Waals surface area contributed by atoms with Crippen LogP contribution >= 0.6 is 0 Å². The maximum absolute atomic E-state index is 10.4. The van der Waals surface area contributed by atoms with E-state index in [2.05, 4.69) is 0 Å². The van der Waals surface area contributed by atoms with Gasteiger partial charge in [-0.25, -0.2) is 0 Å². The molecule has 2 nitrogen and oxygen atoms in total. The minimum atomic E-state index is 0.0358. The van der Waals surface area contributed by atoms with Crippen LogP contribution in [0.1, 0.15) is 20.3 Å². The van der Waals surface area contributed by atoms with Crippen molar-refractivity contribution in [3.8, 4) is 0 Å². The molecule has 0 amide bonds. The van der Waals surface area contributed by atoms with Gasteiger partial charge in [0.05, 0.1) is 12.9 Å². The van der Waals surface area contributed by atoms with E-state index >= 15 is 0 Å². The molecule has 0 aliphatic rings. The standard InChI is InChI=1S/C7H12O2/c1-4-7(9-3)5-6(2)8/h5H,4H2,1-3H3/b7-5+. The topological polar surface area (TPSA) is 26.3 Å². The molecule has 0 aromatic carbocycles. The van der Waals surface area contributed by atoms with Gasteiger partial charge in [0.15, 0.2) is 5.78 Å². The highest BCUT2D eigenvalue weighted by molar-refractivity contribution is 5.87. The lowest BCUT2D eigenvalue weighted by Gasteiger charge is -1.98. The van der Waals surface area contributed by atoms with E-state index in [-0.39, 0.29) is 5.78 Å². The predicted octanol–water partition coefficient (Wildman–Crippen LogP) is 1.52. The monoisotopic (exact) mass is 128 g/mol. The van der Waals surface area contributed by atoms with Gasteiger partial charge < -0.3 is 4.74 Å². The zero-order valence-corrected chi connectivity index (χ0v) is 6.10. The molecule has 0 saturated heterocycles. The highest BCUT2D eigenvalue weighted by Crippen LogP contribution is 1.99. The van der Waals surface area contributed by atoms with Gasteiger partial charge in [0.25, 0.3) is 0 Å². The SMILES string of the molecule is CC/C(=C\C(C)=O)OC. The van der Waals surface area contributed by atoms with Crippen LogP contribution in [0.2, 0.25) is 0 Å². The van der Waals surface area contributed by atoms with Gasteiger partial charge in [-0.05, 0) is 6.92 Å². The summed E-state index contributed by atoms with van der Waals surface area (Å²) in [5, 5.41) is 0. The summed E-state index contributed by atoms with van der Waals surface area (Å²) in [7, 11) is 1.57. The Labute approximate surface area is 55.5 Å². The zero-order chi connectivity index (χ0) is 7.28. The van der Waals surface area contributed by atoms with Gasteiger partial charge >= 0.3 is 0 Å². The lowest BCUT2D eigenvalue weighted by atomic mass is 10.3. The fraction of sp³-hybridized carbons (Fsp3) is 0.571. The van der Waals surface area contributed by atoms with Crippen LogP contribution in [0.15, 0.2) is 11.8 Å². The molecule has 52 valence electrons. The zero-order valence-electron chi connectivity index (χ0n) is 6.10. The molecule has 0 aliphatic heterocycles. The molecule has 2 heteroatoms. The van der Waals surface area contributed by atoms with Crippen molar-refractivity contribution in [2.75, 3.05) is 7.11 Å². The number of carbonyl (C=O) groups excluding carboxylic acids is 1. The first-order valence-corrected chi connectivity index (χ1v) is 2.95. The van der Waals surface area contributed by atoms with E-state index in [4.69, 9.17) is 4.74 Å². The molecule has 0 atom stereocenters. The average molecular weight is 128 g/mol. The number of carbonyl (C=O) groups is 1. The van der Waals surface area contributed by atoms with Crippen LogP contribution < -0.4 is 0 Å². The fourth-order valence-electron chi connectivity index (χ4n) is 0.532. The van der Waals surface area contributed by atoms with Gasteiger partial charge in [0.2, 0.25) is 0 Å². The number of hydrogen-bond acceptors (Lipinski definition) is 2. The lowest BCUT2D eigenvalue weighted by molar-refractivity contribution is -0.112. The second kappa shape index (κ2) is 4.13. The van der Waals surface area contributed by atoms with Gasteiger partial charge in [-0.2, -0.15) is 0 Å². The van der Waals surface area contributed by atoms with Gasteiger partial charge in [-0.3, -0.25) is 4.79 Å². The Morgan fingerprint density at radius 3 is 2.33 bits per heavy atom. The highest BCUT2D eigenvalue weighted by Gasteiger charge is 1.91. The predicted molar refractivity (Wildman–Crippen MR) is 36.1 cm³/mol. The van der Waals surface area contributed by atoms with Crippen LogP contribution in [0.25, 0.3) is 0 Å². The Morgan fingerprint density at radius 2 is 2.22 bits per heavy atom. The molecular weight excluding hydrogens is 116 g/mol. The summed E-state index contributed by atoms with van der Waals surface area (Å²) in [6.45, 7) is 3.45. The van der Waals surface area contributed by atoms with E-state index in [0.717, 1.165) is 12.2 Å². The van der Waals surface area contributed by atoms with Gasteiger partial charge in [-0.1, -0.05) is 6.92 Å². The summed E-state index contributed by atoms with van der Waals surface area (Å²) < 4.78 is 4.85. The molecule has 0 rings (SSSR count). The van der Waals surface area contributed by atoms with Crippen molar-refractivity contribution < 1.29 is 9.53 Å². The van der Waals surface area contributed by atoms with E-state index in [1.807, 2.05) is 6.92 Å². The fourth-order valence-corrected chi connectivity index (χ4v) is 0.532. The molecule has 0 bridgehead atoms. The molecule has 9 heavy (non-hydrogen) atoms. The number of methoxy groups -OCH3 is 1. The van der Waals surface area contributed by atoms with Crippen LogP contribution in [0.3, 0.4) is 0 Å². The lowest BCUT2D eigenvalue weighted by Crippen LogP contribution is -1.89. The van der Waals surface area contributed by atoms with Crippen molar-refractivity contribution in [2.45, 2.75) is 20.3 Å². The maximum Gasteiger partial charge on any atom is 0.155 e. The van der Waals surface area contributed by atoms with Crippen LogP contribution in [-0.4, -0.2) is 12.9 Å². The molecule has 0 N–H and O–H groups in total. The summed E-state index contributed by atoms with van der Waals surface area (Å²) in [6.07, 6.45) is 2.27.